The molecule has 118 valence electrons. The average Bonchev–Trinajstić information content (AvgIpc) is 2.52. The molecule has 0 amide bonds. The minimum atomic E-state index is -0.132. The standard InChI is InChI=1S/C17H27FN2O/c1-5-17(3,20-8-10-21-11-9-20)16(19-4)14-12-13(2)6-7-15(14)18/h6-7,12,16,19H,5,8-11H2,1-4H3. The first-order chi connectivity index (χ1) is 10.0. The molecule has 2 atom stereocenters. The van der Waals surface area contributed by atoms with Gasteiger partial charge in [0.05, 0.1) is 19.3 Å². The molecule has 0 spiro atoms. The third-order valence-corrected chi connectivity index (χ3v) is 4.82. The van der Waals surface area contributed by atoms with Gasteiger partial charge < -0.3 is 10.1 Å². The summed E-state index contributed by atoms with van der Waals surface area (Å²) in [5.74, 6) is -0.132. The van der Waals surface area contributed by atoms with Gasteiger partial charge in [-0.05, 0) is 33.4 Å². The molecule has 4 heteroatoms. The maximum absolute atomic E-state index is 14.4. The summed E-state index contributed by atoms with van der Waals surface area (Å²) in [5.41, 5.74) is 1.72. The maximum Gasteiger partial charge on any atom is 0.128 e. The molecular weight excluding hydrogens is 267 g/mol. The molecule has 0 aromatic heterocycles. The number of benzene rings is 1. The fraction of sp³-hybridized carbons (Fsp3) is 0.647. The zero-order valence-electron chi connectivity index (χ0n) is 13.6. The quantitative estimate of drug-likeness (QED) is 0.904. The molecule has 1 saturated heterocycles. The Kier molecular flexibility index (Phi) is 5.36. The van der Waals surface area contributed by atoms with Crippen LogP contribution < -0.4 is 5.32 Å². The maximum atomic E-state index is 14.4. The minimum absolute atomic E-state index is 0.0412. The summed E-state index contributed by atoms with van der Waals surface area (Å²) < 4.78 is 19.8. The zero-order valence-corrected chi connectivity index (χ0v) is 13.6. The van der Waals surface area contributed by atoms with E-state index in [2.05, 4.69) is 24.1 Å². The Hall–Kier alpha value is -0.970. The van der Waals surface area contributed by atoms with E-state index >= 15 is 0 Å². The number of hydrogen-bond donors (Lipinski definition) is 1. The van der Waals surface area contributed by atoms with E-state index in [1.165, 1.54) is 0 Å². The van der Waals surface area contributed by atoms with Gasteiger partial charge in [-0.15, -0.1) is 0 Å². The second-order valence-electron chi connectivity index (χ2n) is 6.06. The van der Waals surface area contributed by atoms with Crippen molar-refractivity contribution in [3.05, 3.63) is 35.1 Å². The van der Waals surface area contributed by atoms with Crippen molar-refractivity contribution in [2.45, 2.75) is 38.8 Å². The van der Waals surface area contributed by atoms with E-state index in [0.29, 0.717) is 0 Å². The summed E-state index contributed by atoms with van der Waals surface area (Å²) >= 11 is 0. The van der Waals surface area contributed by atoms with E-state index in [1.807, 2.05) is 26.1 Å². The Morgan fingerprint density at radius 3 is 2.62 bits per heavy atom. The van der Waals surface area contributed by atoms with Crippen molar-refractivity contribution in [1.82, 2.24) is 10.2 Å². The van der Waals surface area contributed by atoms with Gasteiger partial charge >= 0.3 is 0 Å². The van der Waals surface area contributed by atoms with Gasteiger partial charge in [0.25, 0.3) is 0 Å². The highest BCUT2D eigenvalue weighted by Crippen LogP contribution is 2.36. The van der Waals surface area contributed by atoms with Crippen molar-refractivity contribution in [3.63, 3.8) is 0 Å². The van der Waals surface area contributed by atoms with Crippen molar-refractivity contribution in [1.29, 1.82) is 0 Å². The lowest BCUT2D eigenvalue weighted by atomic mass is 9.82. The molecule has 1 aliphatic heterocycles. The molecule has 1 fully saturated rings. The van der Waals surface area contributed by atoms with E-state index in [9.17, 15) is 4.39 Å². The number of nitrogens with one attached hydrogen (secondary N) is 1. The molecular formula is C17H27FN2O. The average molecular weight is 294 g/mol. The first-order valence-electron chi connectivity index (χ1n) is 7.79. The van der Waals surface area contributed by atoms with Crippen LogP contribution in [0, 0.1) is 12.7 Å². The Morgan fingerprint density at radius 2 is 2.05 bits per heavy atom. The molecule has 3 nitrogen and oxygen atoms in total. The van der Waals surface area contributed by atoms with Gasteiger partial charge in [-0.1, -0.05) is 24.6 Å². The Balaban J connectivity index is 2.38. The molecule has 1 aromatic carbocycles. The van der Waals surface area contributed by atoms with Gasteiger partial charge in [-0.25, -0.2) is 4.39 Å². The number of halogens is 1. The molecule has 1 heterocycles. The normalized spacial score (nSPS) is 21.0. The Morgan fingerprint density at radius 1 is 1.38 bits per heavy atom. The van der Waals surface area contributed by atoms with Gasteiger partial charge in [0.1, 0.15) is 5.82 Å². The van der Waals surface area contributed by atoms with Crippen LogP contribution in [-0.4, -0.2) is 43.8 Å². The van der Waals surface area contributed by atoms with Crippen LogP contribution >= 0.6 is 0 Å². The Labute approximate surface area is 127 Å². The van der Waals surface area contributed by atoms with Crippen LogP contribution in [0.25, 0.3) is 0 Å². The van der Waals surface area contributed by atoms with Gasteiger partial charge in [-0.2, -0.15) is 0 Å². The van der Waals surface area contributed by atoms with Crippen LogP contribution in [0.2, 0.25) is 0 Å². The predicted molar refractivity (Wildman–Crippen MR) is 84.0 cm³/mol. The SMILES string of the molecule is CCC(C)(C(NC)c1cc(C)ccc1F)N1CCOCC1. The molecule has 0 aliphatic carbocycles. The molecule has 2 unspecified atom stereocenters. The van der Waals surface area contributed by atoms with E-state index in [-0.39, 0.29) is 17.4 Å². The summed E-state index contributed by atoms with van der Waals surface area (Å²) in [5, 5.41) is 3.35. The number of ether oxygens (including phenoxy) is 1. The van der Waals surface area contributed by atoms with E-state index < -0.39 is 0 Å². The van der Waals surface area contributed by atoms with E-state index in [4.69, 9.17) is 4.74 Å². The summed E-state index contributed by atoms with van der Waals surface area (Å²) in [6, 6.07) is 5.32. The minimum Gasteiger partial charge on any atom is -0.379 e. The topological polar surface area (TPSA) is 24.5 Å². The first-order valence-corrected chi connectivity index (χ1v) is 7.79. The lowest BCUT2D eigenvalue weighted by Gasteiger charge is -2.48. The monoisotopic (exact) mass is 294 g/mol. The molecule has 1 aromatic rings. The lowest BCUT2D eigenvalue weighted by molar-refractivity contribution is -0.0323. The summed E-state index contributed by atoms with van der Waals surface area (Å²) in [6.07, 6.45) is 0.950. The van der Waals surface area contributed by atoms with Crippen LogP contribution in [0.5, 0.6) is 0 Å². The zero-order chi connectivity index (χ0) is 15.5. The second kappa shape index (κ2) is 6.86. The van der Waals surface area contributed by atoms with Crippen molar-refractivity contribution in [2.24, 2.45) is 0 Å². The smallest absolute Gasteiger partial charge is 0.128 e. The van der Waals surface area contributed by atoms with Crippen molar-refractivity contribution < 1.29 is 9.13 Å². The van der Waals surface area contributed by atoms with Crippen LogP contribution in [0.4, 0.5) is 4.39 Å². The van der Waals surface area contributed by atoms with E-state index in [1.54, 1.807) is 6.07 Å². The molecule has 21 heavy (non-hydrogen) atoms. The number of aryl methyl sites for hydroxylation is 1. The van der Waals surface area contributed by atoms with Crippen molar-refractivity contribution >= 4 is 0 Å². The molecule has 2 rings (SSSR count). The van der Waals surface area contributed by atoms with Crippen molar-refractivity contribution in [3.8, 4) is 0 Å². The third-order valence-electron chi connectivity index (χ3n) is 4.82. The van der Waals surface area contributed by atoms with Crippen molar-refractivity contribution in [2.75, 3.05) is 33.4 Å². The van der Waals surface area contributed by atoms with Gasteiger partial charge in [0, 0.05) is 24.2 Å². The number of morpholine rings is 1. The summed E-state index contributed by atoms with van der Waals surface area (Å²) in [7, 11) is 1.92. The molecule has 0 saturated carbocycles. The Bertz CT molecular complexity index is 474. The van der Waals surface area contributed by atoms with Gasteiger partial charge in [-0.3, -0.25) is 4.90 Å². The third kappa shape index (κ3) is 3.28. The van der Waals surface area contributed by atoms with Crippen LogP contribution in [-0.2, 0) is 4.74 Å². The fourth-order valence-electron chi connectivity index (χ4n) is 3.37. The van der Waals surface area contributed by atoms with Gasteiger partial charge in [0.2, 0.25) is 0 Å². The molecule has 1 N–H and O–H groups in total. The largest absolute Gasteiger partial charge is 0.379 e. The lowest BCUT2D eigenvalue weighted by Crippen LogP contribution is -2.57. The summed E-state index contributed by atoms with van der Waals surface area (Å²) in [6.45, 7) is 9.71. The fourth-order valence-corrected chi connectivity index (χ4v) is 3.37. The van der Waals surface area contributed by atoms with Crippen LogP contribution in [0.3, 0.4) is 0 Å². The first kappa shape index (κ1) is 16.4. The number of rotatable bonds is 5. The number of nitrogens with zero attached hydrogens (tertiary/aromatic N) is 1. The molecule has 1 aliphatic rings. The molecule has 0 bridgehead atoms. The van der Waals surface area contributed by atoms with Crippen LogP contribution in [0.15, 0.2) is 18.2 Å². The highest BCUT2D eigenvalue weighted by molar-refractivity contribution is 5.29. The predicted octanol–water partition coefficient (Wildman–Crippen LogP) is 2.90. The highest BCUT2D eigenvalue weighted by Gasteiger charge is 2.40. The molecule has 0 radical (unpaired) electrons. The summed E-state index contributed by atoms with van der Waals surface area (Å²) in [4.78, 5) is 2.43. The van der Waals surface area contributed by atoms with E-state index in [0.717, 1.165) is 43.9 Å². The number of likely N-dealkylation sites (N-methyl/N-ethyl adjacent to an activating group) is 1. The van der Waals surface area contributed by atoms with Gasteiger partial charge in [0.15, 0.2) is 0 Å². The van der Waals surface area contributed by atoms with Crippen LogP contribution in [0.1, 0.15) is 37.4 Å². The highest BCUT2D eigenvalue weighted by atomic mass is 19.1. The number of hydrogen-bond acceptors (Lipinski definition) is 3. The second-order valence-corrected chi connectivity index (χ2v) is 6.06.